The van der Waals surface area contributed by atoms with Gasteiger partial charge in [-0.05, 0) is 36.6 Å². The van der Waals surface area contributed by atoms with Crippen LogP contribution >= 0.6 is 11.8 Å². The van der Waals surface area contributed by atoms with Crippen LogP contribution in [0.5, 0.6) is 0 Å². The van der Waals surface area contributed by atoms with Crippen LogP contribution in [0.1, 0.15) is 24.0 Å². The van der Waals surface area contributed by atoms with Crippen molar-refractivity contribution in [2.24, 2.45) is 0 Å². The number of thioether (sulfide) groups is 1. The average molecular weight is 305 g/mol. The summed E-state index contributed by atoms with van der Waals surface area (Å²) in [5, 5.41) is 3.47. The van der Waals surface area contributed by atoms with E-state index in [0.717, 1.165) is 17.5 Å². The van der Waals surface area contributed by atoms with Gasteiger partial charge in [-0.1, -0.05) is 24.3 Å². The van der Waals surface area contributed by atoms with Crippen LogP contribution in [-0.2, 0) is 12.3 Å². The molecule has 0 spiro atoms. The van der Waals surface area contributed by atoms with Gasteiger partial charge in [0, 0.05) is 28.8 Å². The van der Waals surface area contributed by atoms with Gasteiger partial charge in [0.05, 0.1) is 0 Å². The van der Waals surface area contributed by atoms with Crippen molar-refractivity contribution in [1.29, 1.82) is 0 Å². The third-order valence-corrected chi connectivity index (χ3v) is 4.54. The Morgan fingerprint density at radius 3 is 2.71 bits per heavy atom. The van der Waals surface area contributed by atoms with E-state index in [1.54, 1.807) is 12.1 Å². The Hall–Kier alpha value is -1.39. The Labute approximate surface area is 127 Å². The van der Waals surface area contributed by atoms with E-state index < -0.39 is 11.6 Å². The molecule has 0 bridgehead atoms. The zero-order valence-corrected chi connectivity index (χ0v) is 12.4. The van der Waals surface area contributed by atoms with Crippen LogP contribution in [0.15, 0.2) is 47.4 Å². The minimum atomic E-state index is -0.782. The first-order valence-corrected chi connectivity index (χ1v) is 8.09. The predicted molar refractivity (Wildman–Crippen MR) is 82.2 cm³/mol. The molecular formula is C17H17F2NS. The molecule has 1 aliphatic rings. The highest BCUT2D eigenvalue weighted by molar-refractivity contribution is 7.98. The molecule has 1 N–H and O–H groups in total. The van der Waals surface area contributed by atoms with Crippen molar-refractivity contribution in [3.63, 3.8) is 0 Å². The number of hydrogen-bond donors (Lipinski definition) is 1. The minimum Gasteiger partial charge on any atom is -0.310 e. The minimum absolute atomic E-state index is 0.404. The zero-order valence-electron chi connectivity index (χ0n) is 11.6. The molecule has 110 valence electrons. The van der Waals surface area contributed by atoms with E-state index >= 15 is 0 Å². The summed E-state index contributed by atoms with van der Waals surface area (Å²) >= 11 is 1.53. The second-order valence-corrected chi connectivity index (χ2v) is 6.35. The Morgan fingerprint density at radius 1 is 1.10 bits per heavy atom. The summed E-state index contributed by atoms with van der Waals surface area (Å²) in [6.07, 6.45) is 2.54. The van der Waals surface area contributed by atoms with E-state index in [-0.39, 0.29) is 0 Å². The Morgan fingerprint density at radius 2 is 1.90 bits per heavy atom. The molecule has 1 fully saturated rings. The van der Waals surface area contributed by atoms with Crippen molar-refractivity contribution >= 4 is 11.8 Å². The molecule has 1 aliphatic carbocycles. The maximum atomic E-state index is 13.6. The van der Waals surface area contributed by atoms with Gasteiger partial charge in [-0.25, -0.2) is 8.78 Å². The summed E-state index contributed by atoms with van der Waals surface area (Å²) in [6.45, 7) is 0.868. The fraction of sp³-hybridized carbons (Fsp3) is 0.294. The van der Waals surface area contributed by atoms with Crippen molar-refractivity contribution in [2.45, 2.75) is 36.1 Å². The first kappa shape index (κ1) is 14.5. The van der Waals surface area contributed by atoms with Crippen molar-refractivity contribution < 1.29 is 8.78 Å². The lowest BCUT2D eigenvalue weighted by Gasteiger charge is -2.07. The number of nitrogens with one attached hydrogen (secondary N) is 1. The SMILES string of the molecule is Fc1cccc(CSc2cccc(CNC3CC3)c2)c1F. The van der Waals surface area contributed by atoms with Gasteiger partial charge in [0.1, 0.15) is 0 Å². The molecule has 0 saturated heterocycles. The lowest BCUT2D eigenvalue weighted by atomic mass is 10.2. The number of rotatable bonds is 6. The van der Waals surface area contributed by atoms with Crippen LogP contribution < -0.4 is 5.32 Å². The Bertz CT molecular complexity index is 626. The maximum absolute atomic E-state index is 13.6. The van der Waals surface area contributed by atoms with Gasteiger partial charge < -0.3 is 5.32 Å². The van der Waals surface area contributed by atoms with E-state index in [9.17, 15) is 8.78 Å². The lowest BCUT2D eigenvalue weighted by molar-refractivity contribution is 0.502. The summed E-state index contributed by atoms with van der Waals surface area (Å²) in [5.41, 5.74) is 1.63. The van der Waals surface area contributed by atoms with Gasteiger partial charge in [0.15, 0.2) is 11.6 Å². The highest BCUT2D eigenvalue weighted by Gasteiger charge is 2.19. The second kappa shape index (κ2) is 6.58. The molecule has 2 aromatic rings. The first-order valence-electron chi connectivity index (χ1n) is 7.10. The van der Waals surface area contributed by atoms with E-state index in [1.807, 2.05) is 12.1 Å². The molecule has 21 heavy (non-hydrogen) atoms. The van der Waals surface area contributed by atoms with E-state index in [2.05, 4.69) is 17.4 Å². The highest BCUT2D eigenvalue weighted by atomic mass is 32.2. The Balaban J connectivity index is 1.61. The van der Waals surface area contributed by atoms with Crippen LogP contribution in [-0.4, -0.2) is 6.04 Å². The molecule has 0 atom stereocenters. The number of halogens is 2. The van der Waals surface area contributed by atoms with Crippen LogP contribution in [0.2, 0.25) is 0 Å². The number of benzene rings is 2. The average Bonchev–Trinajstić information content (AvgIpc) is 3.31. The van der Waals surface area contributed by atoms with Gasteiger partial charge in [-0.15, -0.1) is 11.8 Å². The third kappa shape index (κ3) is 4.05. The van der Waals surface area contributed by atoms with Crippen molar-refractivity contribution in [3.8, 4) is 0 Å². The van der Waals surface area contributed by atoms with E-state index in [1.165, 1.54) is 30.2 Å². The molecule has 0 aromatic heterocycles. The Kier molecular flexibility index (Phi) is 4.56. The quantitative estimate of drug-likeness (QED) is 0.788. The normalized spacial score (nSPS) is 14.4. The van der Waals surface area contributed by atoms with Crippen molar-refractivity contribution in [1.82, 2.24) is 5.32 Å². The number of hydrogen-bond acceptors (Lipinski definition) is 2. The van der Waals surface area contributed by atoms with Gasteiger partial charge >= 0.3 is 0 Å². The molecule has 4 heteroatoms. The molecule has 0 aliphatic heterocycles. The summed E-state index contributed by atoms with van der Waals surface area (Å²) in [5.74, 6) is -1.09. The summed E-state index contributed by atoms with van der Waals surface area (Å²) in [6, 6.07) is 13.2. The molecule has 0 unspecified atom stereocenters. The molecule has 1 saturated carbocycles. The van der Waals surface area contributed by atoms with Crippen LogP contribution in [0.25, 0.3) is 0 Å². The van der Waals surface area contributed by atoms with Gasteiger partial charge in [-0.3, -0.25) is 0 Å². The van der Waals surface area contributed by atoms with Crippen molar-refractivity contribution in [2.75, 3.05) is 0 Å². The molecule has 0 heterocycles. The van der Waals surface area contributed by atoms with Gasteiger partial charge in [0.2, 0.25) is 0 Å². The molecular weight excluding hydrogens is 288 g/mol. The van der Waals surface area contributed by atoms with Crippen molar-refractivity contribution in [3.05, 3.63) is 65.2 Å². The third-order valence-electron chi connectivity index (χ3n) is 3.50. The standard InChI is InChI=1S/C17H17F2NS/c18-16-6-2-4-13(17(16)19)11-21-15-5-1-3-12(9-15)10-20-14-7-8-14/h1-6,9,14,20H,7-8,10-11H2. The summed E-state index contributed by atoms with van der Waals surface area (Å²) in [4.78, 5) is 1.08. The van der Waals surface area contributed by atoms with E-state index in [4.69, 9.17) is 0 Å². The predicted octanol–water partition coefficient (Wildman–Crippen LogP) is 4.51. The fourth-order valence-electron chi connectivity index (χ4n) is 2.12. The van der Waals surface area contributed by atoms with Gasteiger partial charge in [-0.2, -0.15) is 0 Å². The molecule has 1 nitrogen and oxygen atoms in total. The lowest BCUT2D eigenvalue weighted by Crippen LogP contribution is -2.15. The summed E-state index contributed by atoms with van der Waals surface area (Å²) in [7, 11) is 0. The first-order chi connectivity index (χ1) is 10.2. The fourth-order valence-corrected chi connectivity index (χ4v) is 3.07. The monoisotopic (exact) mass is 305 g/mol. The molecule has 3 rings (SSSR count). The molecule has 0 radical (unpaired) electrons. The zero-order chi connectivity index (χ0) is 14.7. The van der Waals surface area contributed by atoms with Gasteiger partial charge in [0.25, 0.3) is 0 Å². The maximum Gasteiger partial charge on any atom is 0.162 e. The summed E-state index contributed by atoms with van der Waals surface area (Å²) < 4.78 is 26.8. The van der Waals surface area contributed by atoms with Crippen LogP contribution in [0.4, 0.5) is 8.78 Å². The molecule has 0 amide bonds. The second-order valence-electron chi connectivity index (χ2n) is 5.30. The van der Waals surface area contributed by atoms with Crippen LogP contribution in [0.3, 0.4) is 0 Å². The van der Waals surface area contributed by atoms with E-state index in [0.29, 0.717) is 17.4 Å². The van der Waals surface area contributed by atoms with Crippen LogP contribution in [0, 0.1) is 11.6 Å². The largest absolute Gasteiger partial charge is 0.310 e. The molecule has 2 aromatic carbocycles. The highest BCUT2D eigenvalue weighted by Crippen LogP contribution is 2.26. The topological polar surface area (TPSA) is 12.0 Å². The smallest absolute Gasteiger partial charge is 0.162 e.